The molecule has 1 aromatic carbocycles. The van der Waals surface area contributed by atoms with Gasteiger partial charge in [0.05, 0.1) is 11.5 Å². The van der Waals surface area contributed by atoms with Crippen molar-refractivity contribution in [2.45, 2.75) is 79.0 Å². The van der Waals surface area contributed by atoms with Crippen LogP contribution in [0.5, 0.6) is 0 Å². The van der Waals surface area contributed by atoms with Crippen LogP contribution < -0.4 is 0 Å². The maximum atomic E-state index is 12.6. The Morgan fingerprint density at radius 3 is 1.63 bits per heavy atom. The molecule has 4 heteroatoms. The molecule has 0 saturated heterocycles. The van der Waals surface area contributed by atoms with E-state index in [0.29, 0.717) is 23.7 Å². The quantitative estimate of drug-likeness (QED) is 0.381. The Bertz CT molecular complexity index is 614. The van der Waals surface area contributed by atoms with Crippen LogP contribution in [0.1, 0.15) is 72.8 Å². The molecule has 0 aliphatic carbocycles. The molecule has 3 atom stereocenters. The molecule has 1 rings (SSSR count). The largest absolute Gasteiger partial charge is 0.296 e. The predicted molar refractivity (Wildman–Crippen MR) is 114 cm³/mol. The van der Waals surface area contributed by atoms with Gasteiger partial charge in [-0.05, 0) is 74.3 Å². The zero-order valence-corrected chi connectivity index (χ0v) is 19.2. The zero-order valence-electron chi connectivity index (χ0n) is 18.4. The molecule has 0 saturated carbocycles. The smallest absolute Gasteiger partial charge is 0.266 e. The van der Waals surface area contributed by atoms with Crippen molar-refractivity contribution in [3.05, 3.63) is 29.8 Å². The van der Waals surface area contributed by atoms with E-state index in [1.54, 1.807) is 12.1 Å². The summed E-state index contributed by atoms with van der Waals surface area (Å²) in [4.78, 5) is 0.248. The van der Waals surface area contributed by atoms with Crippen LogP contribution in [0.25, 0.3) is 0 Å². The summed E-state index contributed by atoms with van der Waals surface area (Å²) in [6.45, 7) is 15.7. The number of aryl methyl sites for hydroxylation is 1. The summed E-state index contributed by atoms with van der Waals surface area (Å²) in [7, 11) is -3.69. The third-order valence-electron chi connectivity index (χ3n) is 4.99. The molecule has 0 aliphatic rings. The number of rotatable bonds is 12. The lowest BCUT2D eigenvalue weighted by atomic mass is 9.83. The summed E-state index contributed by atoms with van der Waals surface area (Å²) in [6, 6.07) is 6.87. The van der Waals surface area contributed by atoms with E-state index in [0.717, 1.165) is 18.4 Å². The van der Waals surface area contributed by atoms with Gasteiger partial charge in [0.2, 0.25) is 0 Å². The first-order valence-electron chi connectivity index (χ1n) is 10.5. The van der Waals surface area contributed by atoms with Gasteiger partial charge in [0.1, 0.15) is 0 Å². The fourth-order valence-electron chi connectivity index (χ4n) is 4.13. The monoisotopic (exact) mass is 396 g/mol. The van der Waals surface area contributed by atoms with Crippen molar-refractivity contribution >= 4 is 10.1 Å². The van der Waals surface area contributed by atoms with E-state index in [2.05, 4.69) is 41.5 Å². The van der Waals surface area contributed by atoms with Crippen molar-refractivity contribution in [1.29, 1.82) is 0 Å². The van der Waals surface area contributed by atoms with Crippen molar-refractivity contribution in [2.75, 3.05) is 6.61 Å². The summed E-state index contributed by atoms with van der Waals surface area (Å²) in [5.74, 6) is 2.74. The molecule has 27 heavy (non-hydrogen) atoms. The SMILES string of the molecule is Cc1ccc(S(=O)(=O)OCC(C[C@H](C)CC(C)C)C[C@@H](C)CC(C)C)cc1. The standard InChI is InChI=1S/C23H40O3S/c1-17(2)12-20(6)14-22(15-21(7)13-18(3)4)16-26-27(24,25)23-10-8-19(5)9-11-23/h8-11,17-18,20-22H,12-16H2,1-7H3/t20-,21+,22?. The lowest BCUT2D eigenvalue weighted by Crippen LogP contribution is -2.20. The highest BCUT2D eigenvalue weighted by molar-refractivity contribution is 7.86. The summed E-state index contributed by atoms with van der Waals surface area (Å²) in [5.41, 5.74) is 1.04. The minimum atomic E-state index is -3.69. The van der Waals surface area contributed by atoms with E-state index in [4.69, 9.17) is 4.18 Å². The first-order chi connectivity index (χ1) is 12.5. The molecule has 0 radical (unpaired) electrons. The minimum absolute atomic E-state index is 0.248. The maximum Gasteiger partial charge on any atom is 0.296 e. The molecule has 0 fully saturated rings. The first kappa shape index (κ1) is 24.2. The van der Waals surface area contributed by atoms with Gasteiger partial charge in [-0.1, -0.05) is 59.2 Å². The van der Waals surface area contributed by atoms with E-state index >= 15 is 0 Å². The maximum absolute atomic E-state index is 12.6. The second-order valence-corrected chi connectivity index (χ2v) is 11.0. The van der Waals surface area contributed by atoms with Crippen LogP contribution in [0.4, 0.5) is 0 Å². The molecule has 156 valence electrons. The Labute approximate surface area is 168 Å². The lowest BCUT2D eigenvalue weighted by Gasteiger charge is -2.25. The molecular weight excluding hydrogens is 356 g/mol. The van der Waals surface area contributed by atoms with E-state index in [9.17, 15) is 8.42 Å². The Kier molecular flexibility index (Phi) is 10.0. The molecule has 3 nitrogen and oxygen atoms in total. The average Bonchev–Trinajstić information content (AvgIpc) is 2.51. The van der Waals surface area contributed by atoms with E-state index in [1.807, 2.05) is 19.1 Å². The van der Waals surface area contributed by atoms with Crippen LogP contribution in [0.2, 0.25) is 0 Å². The molecule has 0 heterocycles. The van der Waals surface area contributed by atoms with Crippen LogP contribution in [-0.2, 0) is 14.3 Å². The van der Waals surface area contributed by atoms with Gasteiger partial charge in [0, 0.05) is 0 Å². The molecule has 0 spiro atoms. The average molecular weight is 397 g/mol. The summed E-state index contributed by atoms with van der Waals surface area (Å²) < 4.78 is 30.6. The predicted octanol–water partition coefficient (Wildman–Crippen LogP) is 6.46. The van der Waals surface area contributed by atoms with Crippen molar-refractivity contribution in [1.82, 2.24) is 0 Å². The summed E-state index contributed by atoms with van der Waals surface area (Å²) in [6.07, 6.45) is 4.37. The third-order valence-corrected chi connectivity index (χ3v) is 6.28. The highest BCUT2D eigenvalue weighted by Crippen LogP contribution is 2.28. The zero-order chi connectivity index (χ0) is 20.6. The van der Waals surface area contributed by atoms with Crippen molar-refractivity contribution in [3.63, 3.8) is 0 Å². The van der Waals surface area contributed by atoms with Crippen LogP contribution in [0, 0.1) is 36.5 Å². The number of hydrogen-bond acceptors (Lipinski definition) is 3. The fourth-order valence-corrected chi connectivity index (χ4v) is 5.11. The highest BCUT2D eigenvalue weighted by Gasteiger charge is 2.22. The van der Waals surface area contributed by atoms with Crippen molar-refractivity contribution in [3.8, 4) is 0 Å². The molecule has 0 aromatic heterocycles. The second kappa shape index (κ2) is 11.2. The van der Waals surface area contributed by atoms with Gasteiger partial charge in [-0.3, -0.25) is 4.18 Å². The molecule has 0 bridgehead atoms. The normalized spacial score (nSPS) is 15.9. The minimum Gasteiger partial charge on any atom is -0.266 e. The van der Waals surface area contributed by atoms with Gasteiger partial charge in [-0.15, -0.1) is 0 Å². The van der Waals surface area contributed by atoms with Gasteiger partial charge in [0.25, 0.3) is 10.1 Å². The van der Waals surface area contributed by atoms with Gasteiger partial charge >= 0.3 is 0 Å². The molecule has 0 aliphatic heterocycles. The molecular formula is C23H40O3S. The Morgan fingerprint density at radius 1 is 0.778 bits per heavy atom. The topological polar surface area (TPSA) is 43.4 Å². The lowest BCUT2D eigenvalue weighted by molar-refractivity contribution is 0.189. The third kappa shape index (κ3) is 9.75. The van der Waals surface area contributed by atoms with E-state index < -0.39 is 10.1 Å². The van der Waals surface area contributed by atoms with E-state index in [-0.39, 0.29) is 17.4 Å². The Balaban J connectivity index is 2.77. The second-order valence-electron chi connectivity index (χ2n) is 9.36. The van der Waals surface area contributed by atoms with E-state index in [1.165, 1.54) is 12.8 Å². The van der Waals surface area contributed by atoms with Gasteiger partial charge in [0.15, 0.2) is 0 Å². The Morgan fingerprint density at radius 2 is 1.22 bits per heavy atom. The summed E-state index contributed by atoms with van der Waals surface area (Å²) >= 11 is 0. The van der Waals surface area contributed by atoms with Gasteiger partial charge < -0.3 is 0 Å². The first-order valence-corrected chi connectivity index (χ1v) is 11.9. The van der Waals surface area contributed by atoms with Crippen molar-refractivity contribution < 1.29 is 12.6 Å². The van der Waals surface area contributed by atoms with Crippen LogP contribution in [0.15, 0.2) is 29.2 Å². The molecule has 1 aromatic rings. The van der Waals surface area contributed by atoms with Crippen LogP contribution >= 0.6 is 0 Å². The molecule has 1 unspecified atom stereocenters. The van der Waals surface area contributed by atoms with Gasteiger partial charge in [-0.25, -0.2) is 0 Å². The highest BCUT2D eigenvalue weighted by atomic mass is 32.2. The molecule has 0 N–H and O–H groups in total. The number of benzene rings is 1. The Hall–Kier alpha value is -0.870. The number of hydrogen-bond donors (Lipinski definition) is 0. The van der Waals surface area contributed by atoms with Gasteiger partial charge in [-0.2, -0.15) is 8.42 Å². The fraction of sp³-hybridized carbons (Fsp3) is 0.739. The molecule has 0 amide bonds. The van der Waals surface area contributed by atoms with Crippen LogP contribution in [-0.4, -0.2) is 15.0 Å². The summed E-state index contributed by atoms with van der Waals surface area (Å²) in [5, 5.41) is 0. The van der Waals surface area contributed by atoms with Crippen molar-refractivity contribution in [2.24, 2.45) is 29.6 Å². The van der Waals surface area contributed by atoms with Crippen LogP contribution in [0.3, 0.4) is 0 Å².